The van der Waals surface area contributed by atoms with Crippen LogP contribution < -0.4 is 16.0 Å². The molecule has 1 aromatic heterocycles. The molecule has 0 saturated heterocycles. The molecule has 0 radical (unpaired) electrons. The lowest BCUT2D eigenvalue weighted by molar-refractivity contribution is -0.160. The van der Waals surface area contributed by atoms with Crippen molar-refractivity contribution in [1.82, 2.24) is 25.4 Å². The zero-order valence-electron chi connectivity index (χ0n) is 44.0. The number of hydrogen-bond acceptors (Lipinski definition) is 12. The van der Waals surface area contributed by atoms with Crippen LogP contribution in [-0.4, -0.2) is 118 Å². The van der Waals surface area contributed by atoms with Gasteiger partial charge in [0.15, 0.2) is 0 Å². The number of rotatable bonds is 24. The number of nitrogens with one attached hydrogen (secondary N) is 3. The number of ether oxygens (including phenoxy) is 3. The van der Waals surface area contributed by atoms with Crippen molar-refractivity contribution in [2.24, 2.45) is 5.41 Å². The Balaban J connectivity index is 2.03. The fourth-order valence-electron chi connectivity index (χ4n) is 7.39. The van der Waals surface area contributed by atoms with Crippen molar-refractivity contribution >= 4 is 53.9 Å². The molecule has 3 atom stereocenters. The van der Waals surface area contributed by atoms with Gasteiger partial charge in [0.1, 0.15) is 41.5 Å². The average Bonchev–Trinajstić information content (AvgIpc) is 3.62. The largest absolute Gasteiger partial charge is 0.460 e. The van der Waals surface area contributed by atoms with E-state index >= 15 is 4.39 Å². The predicted molar refractivity (Wildman–Crippen MR) is 272 cm³/mol. The van der Waals surface area contributed by atoms with Crippen LogP contribution in [0.1, 0.15) is 105 Å². The quantitative estimate of drug-likeness (QED) is 0.0341. The summed E-state index contributed by atoms with van der Waals surface area (Å²) in [5, 5.41) is 7.82. The summed E-state index contributed by atoms with van der Waals surface area (Å²) in [6.07, 6.45) is 0.521. The monoisotopic (exact) mass is 1050 g/mol. The van der Waals surface area contributed by atoms with Gasteiger partial charge in [-0.3, -0.25) is 23.4 Å². The van der Waals surface area contributed by atoms with Crippen LogP contribution in [0.5, 0.6) is 0 Å². The molecule has 3 aromatic rings. The summed E-state index contributed by atoms with van der Waals surface area (Å²) >= 11 is 0. The predicted octanol–water partition coefficient (Wildman–Crippen LogP) is 7.65. The molecule has 3 N–H and O–H groups in total. The van der Waals surface area contributed by atoms with Crippen molar-refractivity contribution < 1.29 is 64.4 Å². The van der Waals surface area contributed by atoms with Gasteiger partial charge < -0.3 is 39.6 Å². The number of alkyl carbamates (subject to hydrolysis) is 1. The Hall–Kier alpha value is -5.67. The fourth-order valence-corrected chi connectivity index (χ4v) is 8.42. The van der Waals surface area contributed by atoms with Gasteiger partial charge in [-0.2, -0.15) is 8.42 Å². The van der Waals surface area contributed by atoms with E-state index in [0.717, 1.165) is 30.0 Å². The summed E-state index contributed by atoms with van der Waals surface area (Å²) in [5.41, 5.74) is -1.06. The summed E-state index contributed by atoms with van der Waals surface area (Å²) in [4.78, 5) is 82.2. The molecular weight excluding hydrogens is 973 g/mol. The number of nitrogens with zero attached hydrogens (tertiary/aromatic N) is 2. The number of hydrogen-bond donors (Lipinski definition) is 3. The number of benzene rings is 2. The molecule has 400 valence electrons. The average molecular weight is 1050 g/mol. The molecule has 3 unspecified atom stereocenters. The summed E-state index contributed by atoms with van der Waals surface area (Å²) < 4.78 is 77.7. The van der Waals surface area contributed by atoms with Gasteiger partial charge in [0.05, 0.1) is 18.9 Å². The van der Waals surface area contributed by atoms with E-state index in [0.29, 0.717) is 11.7 Å². The first-order valence-electron chi connectivity index (χ1n) is 23.9. The normalized spacial score (nSPS) is 13.5. The molecule has 0 aliphatic rings. The molecule has 0 aliphatic heterocycles. The summed E-state index contributed by atoms with van der Waals surface area (Å²) in [6.45, 7) is 20.5. The van der Waals surface area contributed by atoms with Crippen molar-refractivity contribution in [2.45, 2.75) is 150 Å². The van der Waals surface area contributed by atoms with Gasteiger partial charge in [-0.05, 0) is 95.7 Å². The summed E-state index contributed by atoms with van der Waals surface area (Å²) in [5.74, 6) is -5.00. The van der Waals surface area contributed by atoms with E-state index in [4.69, 9.17) is 18.4 Å². The molecule has 0 spiro atoms. The van der Waals surface area contributed by atoms with Gasteiger partial charge >= 0.3 is 18.0 Å². The summed E-state index contributed by atoms with van der Waals surface area (Å²) in [6, 6.07) is 11.0. The molecule has 21 heteroatoms. The van der Waals surface area contributed by atoms with Crippen molar-refractivity contribution in [2.75, 3.05) is 32.6 Å². The van der Waals surface area contributed by atoms with Crippen molar-refractivity contribution in [3.8, 4) is 11.1 Å². The standard InChI is InChI=1S/C51H75F2N5O12SSi/c1-49(2,3)45(41-29-35(37-30-36(52)19-20-38(37)53)32-57(41)31-34-17-15-14-16-18-34)58(43(60)33-68-71(10,65)66)26-24-39(56-48(64)67-27-28-72(11,12)13)46(62)54-25-23-42(59)55-40(47(63)70-51(7,8)9)21-22-44(61)69-50(4,5)6/h14-20,29-30,32,39-40,45H,21-28,31,33H2,1-13H3,(H,54,62)(H,55,59)(H,56,64). The molecular formula is C51H75F2N5O12SSi. The highest BCUT2D eigenvalue weighted by molar-refractivity contribution is 7.86. The number of carbonyl (C=O) groups is 6. The van der Waals surface area contributed by atoms with Gasteiger partial charge in [-0.15, -0.1) is 0 Å². The molecule has 2 aromatic carbocycles. The van der Waals surface area contributed by atoms with Crippen molar-refractivity contribution in [1.29, 1.82) is 0 Å². The van der Waals surface area contributed by atoms with Gasteiger partial charge in [-0.1, -0.05) is 70.7 Å². The maximum atomic E-state index is 15.4. The second-order valence-corrected chi connectivity index (χ2v) is 29.2. The molecule has 0 aliphatic carbocycles. The minimum atomic E-state index is -4.14. The van der Waals surface area contributed by atoms with Crippen LogP contribution in [0.25, 0.3) is 11.1 Å². The van der Waals surface area contributed by atoms with E-state index in [9.17, 15) is 41.6 Å². The lowest BCUT2D eigenvalue weighted by Crippen LogP contribution is -2.51. The molecule has 0 saturated carbocycles. The van der Waals surface area contributed by atoms with Crippen LogP contribution in [0.4, 0.5) is 13.6 Å². The van der Waals surface area contributed by atoms with Gasteiger partial charge in [-0.25, -0.2) is 18.4 Å². The first-order valence-corrected chi connectivity index (χ1v) is 29.4. The van der Waals surface area contributed by atoms with Gasteiger partial charge in [0.25, 0.3) is 16.0 Å². The van der Waals surface area contributed by atoms with Gasteiger partial charge in [0, 0.05) is 63.6 Å². The van der Waals surface area contributed by atoms with Crippen LogP contribution in [0, 0.1) is 17.0 Å². The van der Waals surface area contributed by atoms with E-state index in [-0.39, 0.29) is 63.1 Å². The van der Waals surface area contributed by atoms with Crippen LogP contribution in [0.15, 0.2) is 60.8 Å². The molecule has 72 heavy (non-hydrogen) atoms. The Morgan fingerprint density at radius 1 is 0.806 bits per heavy atom. The SMILES string of the molecule is CC(C)(C)OC(=O)CCC(NC(=O)CCNC(=O)C(CCN(C(=O)COS(C)(=O)=O)C(c1cc(-c2cc(F)ccc2F)cn1Cc1ccccc1)C(C)(C)C)NC(=O)OCC[Si](C)(C)C)C(=O)OC(C)(C)C. The van der Waals surface area contributed by atoms with Crippen LogP contribution in [0.3, 0.4) is 0 Å². The molecule has 17 nitrogen and oxygen atoms in total. The Morgan fingerprint density at radius 2 is 1.44 bits per heavy atom. The van der Waals surface area contributed by atoms with Gasteiger partial charge in [0.2, 0.25) is 11.8 Å². The molecule has 0 fully saturated rings. The highest BCUT2D eigenvalue weighted by Gasteiger charge is 2.39. The van der Waals surface area contributed by atoms with E-state index in [1.165, 1.54) is 4.90 Å². The maximum Gasteiger partial charge on any atom is 0.407 e. The second kappa shape index (κ2) is 25.8. The van der Waals surface area contributed by atoms with Crippen LogP contribution >= 0.6 is 0 Å². The zero-order valence-corrected chi connectivity index (χ0v) is 45.9. The highest BCUT2D eigenvalue weighted by Crippen LogP contribution is 2.41. The topological polar surface area (TPSA) is 218 Å². The second-order valence-electron chi connectivity index (χ2n) is 22.0. The van der Waals surface area contributed by atoms with Crippen LogP contribution in [-0.2, 0) is 59.0 Å². The molecule has 0 bridgehead atoms. The minimum absolute atomic E-state index is 0.0441. The molecule has 4 amide bonds. The van der Waals surface area contributed by atoms with Crippen molar-refractivity contribution in [3.63, 3.8) is 0 Å². The van der Waals surface area contributed by atoms with E-state index in [2.05, 4.69) is 35.6 Å². The van der Waals surface area contributed by atoms with Crippen molar-refractivity contribution in [3.05, 3.63) is 83.7 Å². The number of amides is 4. The minimum Gasteiger partial charge on any atom is -0.460 e. The lowest BCUT2D eigenvalue weighted by Gasteiger charge is -2.41. The molecule has 3 rings (SSSR count). The smallest absolute Gasteiger partial charge is 0.407 e. The lowest BCUT2D eigenvalue weighted by atomic mass is 9.82. The highest BCUT2D eigenvalue weighted by atomic mass is 32.2. The Labute approximate surface area is 424 Å². The molecule has 1 heterocycles. The Bertz CT molecular complexity index is 2460. The van der Waals surface area contributed by atoms with E-state index in [1.54, 1.807) is 58.4 Å². The maximum absolute atomic E-state index is 15.4. The fraction of sp³-hybridized carbons (Fsp3) is 0.569. The first-order chi connectivity index (χ1) is 33.1. The third kappa shape index (κ3) is 22.0. The number of carbonyl (C=O) groups excluding carboxylic acids is 6. The Morgan fingerprint density at radius 3 is 2.03 bits per heavy atom. The van der Waals surface area contributed by atoms with Crippen LogP contribution in [0.2, 0.25) is 25.7 Å². The third-order valence-electron chi connectivity index (χ3n) is 10.6. The third-order valence-corrected chi connectivity index (χ3v) is 12.8. The number of halogens is 2. The van der Waals surface area contributed by atoms with E-state index in [1.807, 2.05) is 51.1 Å². The summed E-state index contributed by atoms with van der Waals surface area (Å²) in [7, 11) is -5.81. The zero-order chi connectivity index (χ0) is 54.4. The first kappa shape index (κ1) is 60.6. The number of esters is 2. The van der Waals surface area contributed by atoms with E-state index < -0.39 is 107 Å². The Kier molecular flexibility index (Phi) is 21.7. The number of aromatic nitrogens is 1.